The molecule has 0 bridgehead atoms. The van der Waals surface area contributed by atoms with Crippen LogP contribution in [0.4, 0.5) is 5.69 Å². The average molecular weight is 239 g/mol. The number of anilines is 1. The van der Waals surface area contributed by atoms with Crippen LogP contribution in [0, 0.1) is 0 Å². The predicted octanol–water partition coefficient (Wildman–Crippen LogP) is 2.70. The van der Waals surface area contributed by atoms with Gasteiger partial charge in [-0.15, -0.1) is 0 Å². The molecule has 2 rings (SSSR count). The van der Waals surface area contributed by atoms with Crippen LogP contribution in [-0.4, -0.2) is 26.7 Å². The number of benzene rings is 1. The minimum absolute atomic E-state index is 0.899. The van der Waals surface area contributed by atoms with Crippen molar-refractivity contribution in [2.24, 2.45) is 0 Å². The Morgan fingerprint density at radius 2 is 2.06 bits per heavy atom. The van der Waals surface area contributed by atoms with Gasteiger partial charge in [-0.3, -0.25) is 0 Å². The molecule has 0 radical (unpaired) electrons. The maximum absolute atomic E-state index is 6.33. The molecule has 1 aromatic rings. The normalized spacial score (nSPS) is 15.8. The number of nitrogens with one attached hydrogen (secondary N) is 1. The average Bonchev–Trinajstić information content (AvgIpc) is 2.80. The highest BCUT2D eigenvalue weighted by molar-refractivity contribution is 6.33. The SMILES string of the molecule is CNCCc1ccc(N2CCCC2)c(Cl)c1. The van der Waals surface area contributed by atoms with Crippen molar-refractivity contribution in [2.45, 2.75) is 19.3 Å². The number of hydrogen-bond acceptors (Lipinski definition) is 2. The molecule has 1 N–H and O–H groups in total. The lowest BCUT2D eigenvalue weighted by molar-refractivity contribution is 0.791. The van der Waals surface area contributed by atoms with Gasteiger partial charge in [0.05, 0.1) is 10.7 Å². The van der Waals surface area contributed by atoms with E-state index >= 15 is 0 Å². The highest BCUT2D eigenvalue weighted by Gasteiger charge is 2.14. The van der Waals surface area contributed by atoms with E-state index in [1.807, 2.05) is 7.05 Å². The van der Waals surface area contributed by atoms with Crippen LogP contribution in [0.3, 0.4) is 0 Å². The molecule has 2 nitrogen and oxygen atoms in total. The summed E-state index contributed by atoms with van der Waals surface area (Å²) in [6, 6.07) is 6.46. The standard InChI is InChI=1S/C13H19ClN2/c1-15-7-6-11-4-5-13(12(14)10-11)16-8-2-3-9-16/h4-5,10,15H,2-3,6-9H2,1H3. The number of rotatable bonds is 4. The van der Waals surface area contributed by atoms with Crippen molar-refractivity contribution in [2.75, 3.05) is 31.6 Å². The second-order valence-corrected chi connectivity index (χ2v) is 4.74. The molecular formula is C13H19ClN2. The van der Waals surface area contributed by atoms with Gasteiger partial charge in [0.15, 0.2) is 0 Å². The Bertz CT molecular complexity index is 346. The highest BCUT2D eigenvalue weighted by atomic mass is 35.5. The molecule has 0 unspecified atom stereocenters. The quantitative estimate of drug-likeness (QED) is 0.868. The zero-order valence-corrected chi connectivity index (χ0v) is 10.6. The molecule has 1 fully saturated rings. The van der Waals surface area contributed by atoms with E-state index in [2.05, 4.69) is 28.4 Å². The van der Waals surface area contributed by atoms with Crippen molar-refractivity contribution in [3.8, 4) is 0 Å². The third-order valence-electron chi connectivity index (χ3n) is 3.12. The van der Waals surface area contributed by atoms with Crippen LogP contribution in [0.25, 0.3) is 0 Å². The molecule has 1 saturated heterocycles. The van der Waals surface area contributed by atoms with Gasteiger partial charge in [-0.1, -0.05) is 17.7 Å². The molecule has 0 atom stereocenters. The van der Waals surface area contributed by atoms with Crippen LogP contribution in [0.5, 0.6) is 0 Å². The topological polar surface area (TPSA) is 15.3 Å². The molecule has 0 aromatic heterocycles. The molecule has 0 amide bonds. The molecule has 1 heterocycles. The van der Waals surface area contributed by atoms with Crippen molar-refractivity contribution < 1.29 is 0 Å². The Morgan fingerprint density at radius 3 is 2.69 bits per heavy atom. The van der Waals surface area contributed by atoms with Crippen LogP contribution >= 0.6 is 11.6 Å². The first-order valence-corrected chi connectivity index (χ1v) is 6.37. The lowest BCUT2D eigenvalue weighted by Gasteiger charge is -2.19. The highest BCUT2D eigenvalue weighted by Crippen LogP contribution is 2.29. The molecule has 1 aliphatic heterocycles. The van der Waals surface area contributed by atoms with Crippen LogP contribution in [-0.2, 0) is 6.42 Å². The van der Waals surface area contributed by atoms with Gasteiger partial charge in [0, 0.05) is 13.1 Å². The van der Waals surface area contributed by atoms with E-state index in [1.54, 1.807) is 0 Å². The van der Waals surface area contributed by atoms with Gasteiger partial charge in [0.1, 0.15) is 0 Å². The van der Waals surface area contributed by atoms with Gasteiger partial charge < -0.3 is 10.2 Å². The Hall–Kier alpha value is -0.730. The lowest BCUT2D eigenvalue weighted by atomic mass is 10.1. The lowest BCUT2D eigenvalue weighted by Crippen LogP contribution is -2.18. The molecule has 0 spiro atoms. The summed E-state index contributed by atoms with van der Waals surface area (Å²) < 4.78 is 0. The number of nitrogens with zero attached hydrogens (tertiary/aromatic N) is 1. The van der Waals surface area contributed by atoms with Crippen LogP contribution < -0.4 is 10.2 Å². The maximum atomic E-state index is 6.33. The molecule has 88 valence electrons. The Kier molecular flexibility index (Phi) is 4.08. The Morgan fingerprint density at radius 1 is 1.31 bits per heavy atom. The zero-order chi connectivity index (χ0) is 11.4. The molecule has 0 aliphatic carbocycles. The van der Waals surface area contributed by atoms with Crippen molar-refractivity contribution in [3.05, 3.63) is 28.8 Å². The van der Waals surface area contributed by atoms with E-state index in [9.17, 15) is 0 Å². The minimum atomic E-state index is 0.899. The van der Waals surface area contributed by atoms with Crippen LogP contribution in [0.1, 0.15) is 18.4 Å². The Labute approximate surface area is 103 Å². The fraction of sp³-hybridized carbons (Fsp3) is 0.538. The van der Waals surface area contributed by atoms with E-state index < -0.39 is 0 Å². The van der Waals surface area contributed by atoms with E-state index in [-0.39, 0.29) is 0 Å². The molecule has 0 saturated carbocycles. The van der Waals surface area contributed by atoms with Crippen molar-refractivity contribution in [1.29, 1.82) is 0 Å². The molecule has 16 heavy (non-hydrogen) atoms. The smallest absolute Gasteiger partial charge is 0.0642 e. The first-order valence-electron chi connectivity index (χ1n) is 5.99. The largest absolute Gasteiger partial charge is 0.370 e. The minimum Gasteiger partial charge on any atom is -0.370 e. The van der Waals surface area contributed by atoms with Gasteiger partial charge in [-0.25, -0.2) is 0 Å². The number of likely N-dealkylation sites (N-methyl/N-ethyl adjacent to an activating group) is 1. The second-order valence-electron chi connectivity index (χ2n) is 4.33. The fourth-order valence-corrected chi connectivity index (χ4v) is 2.51. The van der Waals surface area contributed by atoms with Crippen LogP contribution in [0.2, 0.25) is 5.02 Å². The van der Waals surface area contributed by atoms with Crippen molar-refractivity contribution >= 4 is 17.3 Å². The molecule has 1 aliphatic rings. The van der Waals surface area contributed by atoms with Gasteiger partial charge in [-0.05, 0) is 50.6 Å². The van der Waals surface area contributed by atoms with Crippen LogP contribution in [0.15, 0.2) is 18.2 Å². The predicted molar refractivity (Wildman–Crippen MR) is 70.5 cm³/mol. The summed E-state index contributed by atoms with van der Waals surface area (Å²) >= 11 is 6.33. The van der Waals surface area contributed by atoms with Crippen molar-refractivity contribution in [3.63, 3.8) is 0 Å². The number of hydrogen-bond donors (Lipinski definition) is 1. The summed E-state index contributed by atoms with van der Waals surface area (Å²) in [6.45, 7) is 3.30. The summed E-state index contributed by atoms with van der Waals surface area (Å²) in [6.07, 6.45) is 3.62. The van der Waals surface area contributed by atoms with Gasteiger partial charge >= 0.3 is 0 Å². The summed E-state index contributed by atoms with van der Waals surface area (Å²) in [5, 5.41) is 4.05. The monoisotopic (exact) mass is 238 g/mol. The maximum Gasteiger partial charge on any atom is 0.0642 e. The van der Waals surface area contributed by atoms with Gasteiger partial charge in [0.25, 0.3) is 0 Å². The molecule has 1 aromatic carbocycles. The van der Waals surface area contributed by atoms with E-state index in [0.717, 1.165) is 31.1 Å². The molecule has 3 heteroatoms. The fourth-order valence-electron chi connectivity index (χ4n) is 2.19. The second kappa shape index (κ2) is 5.55. The van der Waals surface area contributed by atoms with E-state index in [0.29, 0.717) is 0 Å². The number of halogens is 1. The Balaban J connectivity index is 2.09. The third-order valence-corrected chi connectivity index (χ3v) is 3.43. The molecular weight excluding hydrogens is 220 g/mol. The summed E-state index contributed by atoms with van der Waals surface area (Å²) in [7, 11) is 1.97. The van der Waals surface area contributed by atoms with E-state index in [1.165, 1.54) is 24.1 Å². The van der Waals surface area contributed by atoms with Gasteiger partial charge in [0.2, 0.25) is 0 Å². The third kappa shape index (κ3) is 2.69. The van der Waals surface area contributed by atoms with Gasteiger partial charge in [-0.2, -0.15) is 0 Å². The first kappa shape index (κ1) is 11.7. The summed E-state index contributed by atoms with van der Waals surface area (Å²) in [5.41, 5.74) is 2.51. The zero-order valence-electron chi connectivity index (χ0n) is 9.80. The summed E-state index contributed by atoms with van der Waals surface area (Å²) in [4.78, 5) is 2.38. The first-order chi connectivity index (χ1) is 7.81. The van der Waals surface area contributed by atoms with E-state index in [4.69, 9.17) is 11.6 Å². The van der Waals surface area contributed by atoms with Crippen molar-refractivity contribution in [1.82, 2.24) is 5.32 Å². The summed E-state index contributed by atoms with van der Waals surface area (Å²) in [5.74, 6) is 0.